The van der Waals surface area contributed by atoms with Gasteiger partial charge in [-0.05, 0) is 190 Å². The lowest BCUT2D eigenvalue weighted by Crippen LogP contribution is -2.36. The number of nitrogen functional groups attached to an aromatic ring is 3. The van der Waals surface area contributed by atoms with Crippen LogP contribution in [0.25, 0.3) is 0 Å². The molecule has 0 saturated carbocycles. The molecule has 9 N–H and O–H groups in total. The molecule has 328 valence electrons. The standard InChI is InChI=1S/3C15H22N2O2.2CH4/c3*1-15(2,3)19-14(18)17-13-6-4-5-10-7-8-11(16)9-12(10)13;;/h3*7-9,13H,4-6,16H2,1-3H3,(H,17,18);2*1H4/t2*13-;;;/m10.../s1. The lowest BCUT2D eigenvalue weighted by Gasteiger charge is -2.28. The molecule has 0 saturated heterocycles. The van der Waals surface area contributed by atoms with Gasteiger partial charge in [-0.15, -0.1) is 0 Å². The Hall–Kier alpha value is -5.13. The van der Waals surface area contributed by atoms with Gasteiger partial charge in [-0.1, -0.05) is 33.1 Å². The van der Waals surface area contributed by atoms with Crippen LogP contribution in [-0.2, 0) is 33.5 Å². The van der Waals surface area contributed by atoms with Gasteiger partial charge in [-0.3, -0.25) is 0 Å². The Bertz CT molecular complexity index is 1650. The first-order valence-corrected chi connectivity index (χ1v) is 20.2. The summed E-state index contributed by atoms with van der Waals surface area (Å²) in [7, 11) is 0. The second-order valence-corrected chi connectivity index (χ2v) is 18.1. The van der Waals surface area contributed by atoms with Crippen molar-refractivity contribution in [3.8, 4) is 0 Å². The summed E-state index contributed by atoms with van der Waals surface area (Å²) in [5.74, 6) is 0. The van der Waals surface area contributed by atoms with Gasteiger partial charge in [0.1, 0.15) is 16.8 Å². The Kier molecular flexibility index (Phi) is 18.0. The highest BCUT2D eigenvalue weighted by molar-refractivity contribution is 5.70. The highest BCUT2D eigenvalue weighted by atomic mass is 16.6. The fraction of sp³-hybridized carbons (Fsp3) is 0.553. The van der Waals surface area contributed by atoms with E-state index in [4.69, 9.17) is 31.4 Å². The summed E-state index contributed by atoms with van der Waals surface area (Å²) in [6, 6.07) is 17.8. The number of carbonyl (C=O) groups is 3. The zero-order valence-electron chi connectivity index (χ0n) is 35.5. The number of fused-ring (bicyclic) bond motifs is 3. The maximum absolute atomic E-state index is 11.9. The van der Waals surface area contributed by atoms with Gasteiger partial charge in [-0.2, -0.15) is 0 Å². The van der Waals surface area contributed by atoms with Crippen LogP contribution >= 0.6 is 0 Å². The van der Waals surface area contributed by atoms with Crippen molar-refractivity contribution in [2.75, 3.05) is 17.2 Å². The molecule has 0 spiro atoms. The quantitative estimate of drug-likeness (QED) is 0.110. The van der Waals surface area contributed by atoms with E-state index in [0.717, 1.165) is 91.5 Å². The monoisotopic (exact) mass is 819 g/mol. The molecular weight excluding hydrogens is 745 g/mol. The summed E-state index contributed by atoms with van der Waals surface area (Å²) in [4.78, 5) is 35.6. The van der Waals surface area contributed by atoms with E-state index in [1.165, 1.54) is 16.7 Å². The van der Waals surface area contributed by atoms with Gasteiger partial charge in [0.25, 0.3) is 0 Å². The van der Waals surface area contributed by atoms with Crippen molar-refractivity contribution >= 4 is 35.3 Å². The first-order chi connectivity index (χ1) is 26.5. The first kappa shape index (κ1) is 50.0. The lowest BCUT2D eigenvalue weighted by molar-refractivity contribution is 0.0487. The Morgan fingerprint density at radius 1 is 0.475 bits per heavy atom. The fourth-order valence-corrected chi connectivity index (χ4v) is 7.25. The van der Waals surface area contributed by atoms with E-state index in [1.807, 2.05) is 117 Å². The van der Waals surface area contributed by atoms with Crippen LogP contribution in [0.4, 0.5) is 31.4 Å². The number of anilines is 3. The van der Waals surface area contributed by atoms with Crippen LogP contribution in [0.15, 0.2) is 54.6 Å². The molecule has 3 amide bonds. The summed E-state index contributed by atoms with van der Waals surface area (Å²) in [6.45, 7) is 16.7. The van der Waals surface area contributed by atoms with Gasteiger partial charge < -0.3 is 47.4 Å². The van der Waals surface area contributed by atoms with E-state index < -0.39 is 16.8 Å². The third-order valence-electron chi connectivity index (χ3n) is 9.53. The van der Waals surface area contributed by atoms with E-state index in [9.17, 15) is 14.4 Å². The predicted molar refractivity (Wildman–Crippen MR) is 241 cm³/mol. The maximum Gasteiger partial charge on any atom is 0.408 e. The van der Waals surface area contributed by atoms with Gasteiger partial charge >= 0.3 is 18.3 Å². The molecule has 3 aromatic rings. The van der Waals surface area contributed by atoms with Gasteiger partial charge in [0.2, 0.25) is 0 Å². The molecule has 0 bridgehead atoms. The van der Waals surface area contributed by atoms with Crippen molar-refractivity contribution in [1.29, 1.82) is 0 Å². The molecule has 0 aromatic heterocycles. The molecule has 0 heterocycles. The van der Waals surface area contributed by atoms with Gasteiger partial charge in [0.15, 0.2) is 0 Å². The highest BCUT2D eigenvalue weighted by Gasteiger charge is 2.27. The molecule has 0 fully saturated rings. The second-order valence-electron chi connectivity index (χ2n) is 18.1. The SMILES string of the molecule is C.C.CC(C)(C)OC(=O)NC1CCCc2ccc(N)cc21.CC(C)(C)OC(=O)N[C@@H]1CCCc2ccc(N)cc21.CC(C)(C)OC(=O)N[C@H]1CCCc2ccc(N)cc21. The van der Waals surface area contributed by atoms with E-state index in [-0.39, 0.29) is 51.3 Å². The molecule has 3 aliphatic carbocycles. The van der Waals surface area contributed by atoms with E-state index >= 15 is 0 Å². The number of aryl methyl sites for hydroxylation is 3. The third-order valence-corrected chi connectivity index (χ3v) is 9.53. The average Bonchev–Trinajstić information content (AvgIpc) is 3.07. The normalized spacial score (nSPS) is 17.9. The van der Waals surface area contributed by atoms with Crippen LogP contribution in [0.1, 0.15) is 167 Å². The molecule has 12 heteroatoms. The molecule has 3 atom stereocenters. The average molecular weight is 819 g/mol. The molecule has 0 aliphatic heterocycles. The minimum Gasteiger partial charge on any atom is -0.444 e. The number of nitrogens with one attached hydrogen (secondary N) is 3. The number of amides is 3. The van der Waals surface area contributed by atoms with Crippen LogP contribution < -0.4 is 33.2 Å². The van der Waals surface area contributed by atoms with Gasteiger partial charge in [-0.25, -0.2) is 14.4 Å². The van der Waals surface area contributed by atoms with Crippen molar-refractivity contribution in [2.45, 2.75) is 170 Å². The van der Waals surface area contributed by atoms with Crippen molar-refractivity contribution < 1.29 is 28.6 Å². The summed E-state index contributed by atoms with van der Waals surface area (Å²) in [6.07, 6.45) is 8.01. The Labute approximate surface area is 354 Å². The minimum absolute atomic E-state index is 0. The largest absolute Gasteiger partial charge is 0.444 e. The van der Waals surface area contributed by atoms with E-state index in [1.54, 1.807) is 0 Å². The molecule has 12 nitrogen and oxygen atoms in total. The number of hydrogen-bond acceptors (Lipinski definition) is 9. The summed E-state index contributed by atoms with van der Waals surface area (Å²) < 4.78 is 15.9. The zero-order chi connectivity index (χ0) is 42.1. The maximum atomic E-state index is 11.9. The Morgan fingerprint density at radius 2 is 0.712 bits per heavy atom. The van der Waals surface area contributed by atoms with Crippen LogP contribution in [0.2, 0.25) is 0 Å². The zero-order valence-corrected chi connectivity index (χ0v) is 35.5. The summed E-state index contributed by atoms with van der Waals surface area (Å²) in [5, 5.41) is 8.83. The molecular formula is C47H74N6O6. The molecule has 3 aromatic carbocycles. The molecule has 6 rings (SSSR count). The lowest BCUT2D eigenvalue weighted by atomic mass is 9.87. The van der Waals surface area contributed by atoms with Crippen LogP contribution in [0, 0.1) is 0 Å². The molecule has 0 radical (unpaired) electrons. The summed E-state index contributed by atoms with van der Waals surface area (Å²) >= 11 is 0. The number of benzene rings is 3. The molecule has 59 heavy (non-hydrogen) atoms. The second kappa shape index (κ2) is 21.2. The van der Waals surface area contributed by atoms with Crippen LogP contribution in [-0.4, -0.2) is 35.1 Å². The van der Waals surface area contributed by atoms with Crippen LogP contribution in [0.3, 0.4) is 0 Å². The third kappa shape index (κ3) is 16.6. The van der Waals surface area contributed by atoms with Gasteiger partial charge in [0.05, 0.1) is 18.1 Å². The molecule has 3 aliphatic rings. The summed E-state index contributed by atoms with van der Waals surface area (Å²) in [5.41, 5.74) is 25.4. The molecule has 1 unspecified atom stereocenters. The highest BCUT2D eigenvalue weighted by Crippen LogP contribution is 2.34. The Morgan fingerprint density at radius 3 is 0.932 bits per heavy atom. The first-order valence-electron chi connectivity index (χ1n) is 20.2. The van der Waals surface area contributed by atoms with Gasteiger partial charge in [0, 0.05) is 17.1 Å². The smallest absolute Gasteiger partial charge is 0.408 e. The van der Waals surface area contributed by atoms with E-state index in [0.29, 0.717) is 0 Å². The van der Waals surface area contributed by atoms with Crippen LogP contribution in [0.5, 0.6) is 0 Å². The van der Waals surface area contributed by atoms with Crippen molar-refractivity contribution in [3.05, 3.63) is 88.0 Å². The number of rotatable bonds is 3. The number of hydrogen-bond donors (Lipinski definition) is 6. The Balaban J connectivity index is 0.000000300. The predicted octanol–water partition coefficient (Wildman–Crippen LogP) is 10.8. The topological polar surface area (TPSA) is 193 Å². The van der Waals surface area contributed by atoms with Crippen molar-refractivity contribution in [1.82, 2.24) is 16.0 Å². The van der Waals surface area contributed by atoms with Crippen molar-refractivity contribution in [3.63, 3.8) is 0 Å². The number of nitrogens with two attached hydrogens (primary N) is 3. The minimum atomic E-state index is -0.475. The van der Waals surface area contributed by atoms with Crippen molar-refractivity contribution in [2.24, 2.45) is 0 Å². The number of ether oxygens (including phenoxy) is 3. The van der Waals surface area contributed by atoms with E-state index in [2.05, 4.69) is 16.0 Å². The number of alkyl carbamates (subject to hydrolysis) is 3. The number of carbonyl (C=O) groups excluding carboxylic acids is 3. The fourth-order valence-electron chi connectivity index (χ4n) is 7.25.